The number of hydrogen-bond acceptors (Lipinski definition) is 1. The Morgan fingerprint density at radius 2 is 2.13 bits per heavy atom. The van der Waals surface area contributed by atoms with Gasteiger partial charge in [-0.25, -0.2) is 4.79 Å². The largest absolute Gasteiger partial charge is 0.478 e. The predicted octanol–water partition coefficient (Wildman–Crippen LogP) is 3.03. The minimum absolute atomic E-state index is 0.199. The number of aromatic nitrogens is 1. The van der Waals surface area contributed by atoms with Crippen LogP contribution in [0.25, 0.3) is 11.3 Å². The number of hydrogen-bond donors (Lipinski definition) is 2. The average molecular weight is 222 g/mol. The van der Waals surface area contributed by atoms with Gasteiger partial charge in [0.2, 0.25) is 0 Å². The van der Waals surface area contributed by atoms with E-state index in [0.717, 1.165) is 5.69 Å². The molecule has 2 N–H and O–H groups in total. The zero-order valence-corrected chi connectivity index (χ0v) is 8.45. The molecular weight excluding hydrogens is 214 g/mol. The zero-order valence-electron chi connectivity index (χ0n) is 7.70. The van der Waals surface area contributed by atoms with Crippen molar-refractivity contribution in [3.63, 3.8) is 0 Å². The van der Waals surface area contributed by atoms with E-state index in [-0.39, 0.29) is 5.56 Å². The number of aromatic carboxylic acids is 1. The molecule has 1 aromatic carbocycles. The number of halogens is 1. The van der Waals surface area contributed by atoms with Gasteiger partial charge in [-0.05, 0) is 24.3 Å². The number of nitrogens with one attached hydrogen (secondary N) is 1. The summed E-state index contributed by atoms with van der Waals surface area (Å²) in [7, 11) is 0. The Balaban J connectivity index is 2.61. The molecule has 1 heterocycles. The Hall–Kier alpha value is -1.74. The number of carboxylic acid groups (broad SMARTS) is 1. The standard InChI is InChI=1S/C11H8ClNO2/c12-7-3-4-8(9(6-7)11(14)15)10-2-1-5-13-10/h1-6,13H,(H,14,15). The molecule has 0 aliphatic heterocycles. The lowest BCUT2D eigenvalue weighted by molar-refractivity contribution is 0.0697. The molecule has 0 saturated carbocycles. The fourth-order valence-electron chi connectivity index (χ4n) is 1.43. The Morgan fingerprint density at radius 3 is 2.73 bits per heavy atom. The molecule has 0 bridgehead atoms. The lowest BCUT2D eigenvalue weighted by Crippen LogP contribution is -1.99. The molecule has 2 aromatic rings. The molecule has 0 fully saturated rings. The fraction of sp³-hybridized carbons (Fsp3) is 0. The van der Waals surface area contributed by atoms with Crippen LogP contribution in [0.1, 0.15) is 10.4 Å². The zero-order chi connectivity index (χ0) is 10.8. The van der Waals surface area contributed by atoms with E-state index in [1.54, 1.807) is 18.3 Å². The summed E-state index contributed by atoms with van der Waals surface area (Å²) in [6, 6.07) is 8.44. The van der Waals surface area contributed by atoms with E-state index in [1.807, 2.05) is 12.1 Å². The van der Waals surface area contributed by atoms with Crippen LogP contribution < -0.4 is 0 Å². The van der Waals surface area contributed by atoms with Crippen molar-refractivity contribution in [2.75, 3.05) is 0 Å². The van der Waals surface area contributed by atoms with Crippen LogP contribution in [0.15, 0.2) is 36.5 Å². The third-order valence-corrected chi connectivity index (χ3v) is 2.34. The molecule has 4 heteroatoms. The summed E-state index contributed by atoms with van der Waals surface area (Å²) in [5.41, 5.74) is 1.60. The minimum atomic E-state index is -0.984. The van der Waals surface area contributed by atoms with Gasteiger partial charge in [-0.15, -0.1) is 0 Å². The normalized spacial score (nSPS) is 10.2. The van der Waals surface area contributed by atoms with Crippen molar-refractivity contribution in [3.8, 4) is 11.3 Å². The topological polar surface area (TPSA) is 53.1 Å². The number of H-pyrrole nitrogens is 1. The van der Waals surface area contributed by atoms with Gasteiger partial charge in [-0.1, -0.05) is 17.7 Å². The average Bonchev–Trinajstić information content (AvgIpc) is 2.70. The van der Waals surface area contributed by atoms with Gasteiger partial charge in [0.1, 0.15) is 0 Å². The van der Waals surface area contributed by atoms with Crippen molar-refractivity contribution in [1.82, 2.24) is 4.98 Å². The second-order valence-electron chi connectivity index (χ2n) is 3.08. The maximum Gasteiger partial charge on any atom is 0.336 e. The summed E-state index contributed by atoms with van der Waals surface area (Å²) in [5.74, 6) is -0.984. The highest BCUT2D eigenvalue weighted by atomic mass is 35.5. The quantitative estimate of drug-likeness (QED) is 0.819. The minimum Gasteiger partial charge on any atom is -0.478 e. The molecule has 0 unspecified atom stereocenters. The summed E-state index contributed by atoms with van der Waals surface area (Å²) in [6.07, 6.45) is 1.75. The molecule has 0 saturated heterocycles. The van der Waals surface area contributed by atoms with Crippen molar-refractivity contribution >= 4 is 17.6 Å². The molecule has 1 aromatic heterocycles. The highest BCUT2D eigenvalue weighted by Gasteiger charge is 2.12. The fourth-order valence-corrected chi connectivity index (χ4v) is 1.60. The van der Waals surface area contributed by atoms with Crippen LogP contribution in [0, 0.1) is 0 Å². The maximum atomic E-state index is 11.0. The summed E-state index contributed by atoms with van der Waals surface area (Å²) >= 11 is 5.75. The van der Waals surface area contributed by atoms with Crippen molar-refractivity contribution < 1.29 is 9.90 Å². The van der Waals surface area contributed by atoms with E-state index in [1.165, 1.54) is 6.07 Å². The first-order chi connectivity index (χ1) is 7.18. The van der Waals surface area contributed by atoms with E-state index in [2.05, 4.69) is 4.98 Å². The molecular formula is C11H8ClNO2. The van der Waals surface area contributed by atoms with Crippen molar-refractivity contribution in [2.45, 2.75) is 0 Å². The molecule has 0 atom stereocenters. The third kappa shape index (κ3) is 1.87. The highest BCUT2D eigenvalue weighted by Crippen LogP contribution is 2.25. The summed E-state index contributed by atoms with van der Waals surface area (Å²) in [5, 5.41) is 9.44. The van der Waals surface area contributed by atoms with Gasteiger partial charge in [0.05, 0.1) is 5.56 Å². The molecule has 0 radical (unpaired) electrons. The van der Waals surface area contributed by atoms with Crippen LogP contribution >= 0.6 is 11.6 Å². The Morgan fingerprint density at radius 1 is 1.33 bits per heavy atom. The molecule has 0 spiro atoms. The smallest absolute Gasteiger partial charge is 0.336 e. The first kappa shape index (κ1) is 9.80. The van der Waals surface area contributed by atoms with E-state index in [9.17, 15) is 4.79 Å². The van der Waals surface area contributed by atoms with Crippen LogP contribution in [0.5, 0.6) is 0 Å². The highest BCUT2D eigenvalue weighted by molar-refractivity contribution is 6.31. The van der Waals surface area contributed by atoms with Gasteiger partial charge >= 0.3 is 5.97 Å². The first-order valence-electron chi connectivity index (χ1n) is 4.35. The van der Waals surface area contributed by atoms with Gasteiger partial charge in [-0.2, -0.15) is 0 Å². The monoisotopic (exact) mass is 221 g/mol. The lowest BCUT2D eigenvalue weighted by Gasteiger charge is -2.04. The summed E-state index contributed by atoms with van der Waals surface area (Å²) in [4.78, 5) is 14.0. The first-order valence-corrected chi connectivity index (χ1v) is 4.73. The second-order valence-corrected chi connectivity index (χ2v) is 3.52. The van der Waals surface area contributed by atoms with E-state index in [0.29, 0.717) is 10.6 Å². The summed E-state index contributed by atoms with van der Waals surface area (Å²) < 4.78 is 0. The van der Waals surface area contributed by atoms with Crippen LogP contribution in [-0.2, 0) is 0 Å². The molecule has 3 nitrogen and oxygen atoms in total. The lowest BCUT2D eigenvalue weighted by atomic mass is 10.1. The second kappa shape index (κ2) is 3.79. The van der Waals surface area contributed by atoms with E-state index >= 15 is 0 Å². The predicted molar refractivity (Wildman–Crippen MR) is 58.2 cm³/mol. The molecule has 15 heavy (non-hydrogen) atoms. The van der Waals surface area contributed by atoms with Crippen molar-refractivity contribution in [1.29, 1.82) is 0 Å². The molecule has 2 rings (SSSR count). The van der Waals surface area contributed by atoms with Crippen LogP contribution in [-0.4, -0.2) is 16.1 Å². The Labute approximate surface area is 91.3 Å². The van der Waals surface area contributed by atoms with Crippen molar-refractivity contribution in [3.05, 3.63) is 47.1 Å². The third-order valence-electron chi connectivity index (χ3n) is 2.10. The van der Waals surface area contributed by atoms with E-state index < -0.39 is 5.97 Å². The Bertz CT molecular complexity index is 491. The van der Waals surface area contributed by atoms with Gasteiger partial charge in [0.15, 0.2) is 0 Å². The van der Waals surface area contributed by atoms with Crippen LogP contribution in [0.2, 0.25) is 5.02 Å². The van der Waals surface area contributed by atoms with Crippen LogP contribution in [0.4, 0.5) is 0 Å². The van der Waals surface area contributed by atoms with Crippen LogP contribution in [0.3, 0.4) is 0 Å². The number of carboxylic acids is 1. The van der Waals surface area contributed by atoms with Gasteiger partial charge in [-0.3, -0.25) is 0 Å². The number of aromatic amines is 1. The number of rotatable bonds is 2. The molecule has 0 amide bonds. The Kier molecular flexibility index (Phi) is 2.47. The molecule has 0 aliphatic carbocycles. The van der Waals surface area contributed by atoms with Crippen molar-refractivity contribution in [2.24, 2.45) is 0 Å². The number of benzene rings is 1. The van der Waals surface area contributed by atoms with E-state index in [4.69, 9.17) is 16.7 Å². The molecule has 0 aliphatic rings. The maximum absolute atomic E-state index is 11.0. The molecule has 76 valence electrons. The number of carbonyl (C=O) groups is 1. The van der Waals surface area contributed by atoms with Gasteiger partial charge in [0, 0.05) is 22.5 Å². The van der Waals surface area contributed by atoms with Gasteiger partial charge < -0.3 is 10.1 Å². The summed E-state index contributed by atoms with van der Waals surface area (Å²) in [6.45, 7) is 0. The van der Waals surface area contributed by atoms with Gasteiger partial charge in [0.25, 0.3) is 0 Å². The SMILES string of the molecule is O=C(O)c1cc(Cl)ccc1-c1ccc[nH]1.